The van der Waals surface area contributed by atoms with Gasteiger partial charge in [0.15, 0.2) is 0 Å². The Bertz CT molecular complexity index is 473. The maximum atomic E-state index is 12.3. The molecule has 1 heterocycles. The quantitative estimate of drug-likeness (QED) is 0.878. The van der Waals surface area contributed by atoms with E-state index in [-0.39, 0.29) is 18.1 Å². The third kappa shape index (κ3) is 3.91. The lowest BCUT2D eigenvalue weighted by atomic mass is 9.77. The highest BCUT2D eigenvalue weighted by Gasteiger charge is 2.33. The van der Waals surface area contributed by atoms with Gasteiger partial charge in [-0.2, -0.15) is 0 Å². The SMILES string of the molecule is CCOc1ccc(NC(=O)N2CCC(CC)(CO)CC2)cc1. The van der Waals surface area contributed by atoms with E-state index < -0.39 is 0 Å². The van der Waals surface area contributed by atoms with Crippen LogP contribution in [0.5, 0.6) is 5.75 Å². The van der Waals surface area contributed by atoms with Gasteiger partial charge in [-0.1, -0.05) is 6.92 Å². The Morgan fingerprint density at radius 3 is 2.41 bits per heavy atom. The van der Waals surface area contributed by atoms with E-state index in [1.54, 1.807) is 0 Å². The molecule has 0 spiro atoms. The second-order valence-electron chi connectivity index (χ2n) is 5.89. The molecule has 0 saturated carbocycles. The standard InChI is InChI=1S/C17H26N2O3/c1-3-17(13-20)9-11-19(12-10-17)16(21)18-14-5-7-15(8-6-14)22-4-2/h5-8,20H,3-4,9-13H2,1-2H3,(H,18,21). The maximum absolute atomic E-state index is 12.3. The van der Waals surface area contributed by atoms with E-state index in [9.17, 15) is 9.90 Å². The van der Waals surface area contributed by atoms with Gasteiger partial charge in [-0.25, -0.2) is 4.79 Å². The molecule has 5 nitrogen and oxygen atoms in total. The predicted octanol–water partition coefficient (Wildman–Crippen LogP) is 3.10. The molecule has 0 bridgehead atoms. The van der Waals surface area contributed by atoms with Crippen molar-refractivity contribution in [1.29, 1.82) is 0 Å². The van der Waals surface area contributed by atoms with Crippen molar-refractivity contribution < 1.29 is 14.6 Å². The molecule has 2 N–H and O–H groups in total. The van der Waals surface area contributed by atoms with Gasteiger partial charge in [0.05, 0.1) is 6.61 Å². The van der Waals surface area contributed by atoms with Crippen molar-refractivity contribution in [1.82, 2.24) is 4.90 Å². The number of carbonyl (C=O) groups is 1. The third-order valence-electron chi connectivity index (χ3n) is 4.61. The number of ether oxygens (including phenoxy) is 1. The number of anilines is 1. The van der Waals surface area contributed by atoms with Crippen LogP contribution in [0.2, 0.25) is 0 Å². The highest BCUT2D eigenvalue weighted by Crippen LogP contribution is 2.34. The highest BCUT2D eigenvalue weighted by atomic mass is 16.5. The summed E-state index contributed by atoms with van der Waals surface area (Å²) in [7, 11) is 0. The lowest BCUT2D eigenvalue weighted by Crippen LogP contribution is -2.46. The number of hydrogen-bond acceptors (Lipinski definition) is 3. The largest absolute Gasteiger partial charge is 0.494 e. The zero-order chi connectivity index (χ0) is 16.0. The van der Waals surface area contributed by atoms with Crippen LogP contribution in [-0.4, -0.2) is 42.3 Å². The van der Waals surface area contributed by atoms with Crippen molar-refractivity contribution in [3.05, 3.63) is 24.3 Å². The second-order valence-corrected chi connectivity index (χ2v) is 5.89. The first-order valence-corrected chi connectivity index (χ1v) is 8.02. The Balaban J connectivity index is 1.88. The molecule has 0 radical (unpaired) electrons. The third-order valence-corrected chi connectivity index (χ3v) is 4.61. The molecule has 1 aromatic carbocycles. The van der Waals surface area contributed by atoms with Crippen LogP contribution < -0.4 is 10.1 Å². The fourth-order valence-corrected chi connectivity index (χ4v) is 2.81. The fourth-order valence-electron chi connectivity index (χ4n) is 2.81. The number of aliphatic hydroxyl groups is 1. The van der Waals surface area contributed by atoms with Crippen LogP contribution >= 0.6 is 0 Å². The van der Waals surface area contributed by atoms with Gasteiger partial charge in [0, 0.05) is 25.4 Å². The van der Waals surface area contributed by atoms with Crippen LogP contribution in [0.3, 0.4) is 0 Å². The number of piperidine rings is 1. The predicted molar refractivity (Wildman–Crippen MR) is 87.2 cm³/mol. The van der Waals surface area contributed by atoms with Crippen molar-refractivity contribution in [3.63, 3.8) is 0 Å². The van der Waals surface area contributed by atoms with Crippen LogP contribution in [0, 0.1) is 5.41 Å². The molecule has 122 valence electrons. The summed E-state index contributed by atoms with van der Waals surface area (Å²) in [6, 6.07) is 7.31. The molecular formula is C17H26N2O3. The van der Waals surface area contributed by atoms with Crippen molar-refractivity contribution in [2.45, 2.75) is 33.1 Å². The molecule has 2 amide bonds. The monoisotopic (exact) mass is 306 g/mol. The van der Waals surface area contributed by atoms with Crippen molar-refractivity contribution in [2.24, 2.45) is 5.41 Å². The number of amides is 2. The molecule has 1 fully saturated rings. The van der Waals surface area contributed by atoms with Crippen LogP contribution in [0.25, 0.3) is 0 Å². The number of likely N-dealkylation sites (tertiary alicyclic amines) is 1. The average molecular weight is 306 g/mol. The van der Waals surface area contributed by atoms with Crippen LogP contribution in [-0.2, 0) is 0 Å². The van der Waals surface area contributed by atoms with Gasteiger partial charge < -0.3 is 20.1 Å². The molecule has 1 aromatic rings. The average Bonchev–Trinajstić information content (AvgIpc) is 2.57. The molecule has 1 aliphatic rings. The van der Waals surface area contributed by atoms with E-state index in [4.69, 9.17) is 4.74 Å². The molecule has 1 saturated heterocycles. The van der Waals surface area contributed by atoms with Gasteiger partial charge in [-0.15, -0.1) is 0 Å². The summed E-state index contributed by atoms with van der Waals surface area (Å²) in [6.07, 6.45) is 2.67. The molecule has 0 unspecified atom stereocenters. The number of nitrogens with zero attached hydrogens (tertiary/aromatic N) is 1. The van der Waals surface area contributed by atoms with Gasteiger partial charge in [-0.3, -0.25) is 0 Å². The topological polar surface area (TPSA) is 61.8 Å². The van der Waals surface area contributed by atoms with E-state index in [1.807, 2.05) is 36.1 Å². The first-order chi connectivity index (χ1) is 10.6. The van der Waals surface area contributed by atoms with Crippen molar-refractivity contribution in [2.75, 3.05) is 31.6 Å². The number of hydrogen-bond donors (Lipinski definition) is 2. The molecule has 0 aromatic heterocycles. The van der Waals surface area contributed by atoms with E-state index >= 15 is 0 Å². The molecule has 22 heavy (non-hydrogen) atoms. The Labute approximate surface area is 132 Å². The van der Waals surface area contributed by atoms with E-state index in [1.165, 1.54) is 0 Å². The molecule has 1 aliphatic heterocycles. The summed E-state index contributed by atoms with van der Waals surface area (Å²) in [5.74, 6) is 0.800. The minimum absolute atomic E-state index is 0.00405. The second kappa shape index (κ2) is 7.49. The van der Waals surface area contributed by atoms with Crippen LogP contribution in [0.4, 0.5) is 10.5 Å². The lowest BCUT2D eigenvalue weighted by Gasteiger charge is -2.40. The highest BCUT2D eigenvalue weighted by molar-refractivity contribution is 5.89. The Kier molecular flexibility index (Phi) is 5.66. The first kappa shape index (κ1) is 16.6. The van der Waals surface area contributed by atoms with E-state index in [0.717, 1.165) is 30.7 Å². The maximum Gasteiger partial charge on any atom is 0.321 e. The molecule has 2 rings (SSSR count). The van der Waals surface area contributed by atoms with Gasteiger partial charge >= 0.3 is 6.03 Å². The minimum Gasteiger partial charge on any atom is -0.494 e. The Morgan fingerprint density at radius 2 is 1.91 bits per heavy atom. The fraction of sp³-hybridized carbons (Fsp3) is 0.588. The summed E-state index contributed by atoms with van der Waals surface area (Å²) < 4.78 is 5.38. The molecule has 0 aliphatic carbocycles. The summed E-state index contributed by atoms with van der Waals surface area (Å²) in [6.45, 7) is 6.26. The van der Waals surface area contributed by atoms with Crippen LogP contribution in [0.1, 0.15) is 33.1 Å². The van der Waals surface area contributed by atoms with Gasteiger partial charge in [0.1, 0.15) is 5.75 Å². The molecule has 0 atom stereocenters. The molecule has 5 heteroatoms. The number of benzene rings is 1. The number of nitrogens with one attached hydrogen (secondary N) is 1. The van der Waals surface area contributed by atoms with Crippen molar-refractivity contribution in [3.8, 4) is 5.75 Å². The van der Waals surface area contributed by atoms with E-state index in [2.05, 4.69) is 12.2 Å². The minimum atomic E-state index is -0.0770. The van der Waals surface area contributed by atoms with Gasteiger partial charge in [0.25, 0.3) is 0 Å². The summed E-state index contributed by atoms with van der Waals surface area (Å²) in [5.41, 5.74) is 0.763. The summed E-state index contributed by atoms with van der Waals surface area (Å²) in [5, 5.41) is 12.5. The number of rotatable bonds is 5. The first-order valence-electron chi connectivity index (χ1n) is 8.02. The smallest absolute Gasteiger partial charge is 0.321 e. The van der Waals surface area contributed by atoms with Crippen molar-refractivity contribution >= 4 is 11.7 Å². The Morgan fingerprint density at radius 1 is 1.27 bits per heavy atom. The number of urea groups is 1. The number of aliphatic hydroxyl groups excluding tert-OH is 1. The summed E-state index contributed by atoms with van der Waals surface area (Å²) in [4.78, 5) is 14.1. The Hall–Kier alpha value is -1.75. The van der Waals surface area contributed by atoms with Crippen LogP contribution in [0.15, 0.2) is 24.3 Å². The van der Waals surface area contributed by atoms with E-state index in [0.29, 0.717) is 19.7 Å². The van der Waals surface area contributed by atoms with Gasteiger partial charge in [-0.05, 0) is 55.9 Å². The number of carbonyl (C=O) groups excluding carboxylic acids is 1. The summed E-state index contributed by atoms with van der Waals surface area (Å²) >= 11 is 0. The zero-order valence-electron chi connectivity index (χ0n) is 13.5. The lowest BCUT2D eigenvalue weighted by molar-refractivity contribution is 0.0542. The normalized spacial score (nSPS) is 17.1. The zero-order valence-corrected chi connectivity index (χ0v) is 13.5. The van der Waals surface area contributed by atoms with Gasteiger partial charge in [0.2, 0.25) is 0 Å². The molecular weight excluding hydrogens is 280 g/mol.